The molecular weight excluding hydrogens is 260 g/mol. The molecule has 1 aromatic rings. The maximum atomic E-state index is 11.6. The second kappa shape index (κ2) is 8.47. The van der Waals surface area contributed by atoms with E-state index in [0.717, 1.165) is 18.5 Å². The molecule has 0 heterocycles. The van der Waals surface area contributed by atoms with Gasteiger partial charge in [-0.2, -0.15) is 0 Å². The Morgan fingerprint density at radius 1 is 1.12 bits per heavy atom. The van der Waals surface area contributed by atoms with E-state index < -0.39 is 10.0 Å². The van der Waals surface area contributed by atoms with Crippen LogP contribution in [-0.4, -0.2) is 28.6 Å². The van der Waals surface area contributed by atoms with Crippen molar-refractivity contribution in [3.63, 3.8) is 0 Å². The maximum Gasteiger partial charge on any atom is 0.215 e. The summed E-state index contributed by atoms with van der Waals surface area (Å²) in [6.45, 7) is 1.30. The van der Waals surface area contributed by atoms with Crippen LogP contribution >= 0.6 is 12.4 Å². The van der Waals surface area contributed by atoms with E-state index in [1.165, 1.54) is 0 Å². The average molecular weight is 279 g/mol. The summed E-state index contributed by atoms with van der Waals surface area (Å²) in [6, 6.07) is 9.17. The molecule has 0 saturated carbocycles. The Hall–Kier alpha value is -0.620. The summed E-state index contributed by atoms with van der Waals surface area (Å²) >= 11 is 0. The molecule has 6 heteroatoms. The molecule has 0 fully saturated rings. The van der Waals surface area contributed by atoms with Crippen LogP contribution in [0.15, 0.2) is 30.3 Å². The van der Waals surface area contributed by atoms with Gasteiger partial charge < -0.3 is 5.32 Å². The molecule has 0 aliphatic rings. The van der Waals surface area contributed by atoms with Crippen molar-refractivity contribution in [2.24, 2.45) is 0 Å². The summed E-state index contributed by atoms with van der Waals surface area (Å²) in [7, 11) is -1.35. The highest BCUT2D eigenvalue weighted by Gasteiger charge is 2.09. The van der Waals surface area contributed by atoms with E-state index in [4.69, 9.17) is 0 Å². The molecule has 0 amide bonds. The van der Waals surface area contributed by atoms with E-state index in [2.05, 4.69) is 10.0 Å². The minimum atomic E-state index is -3.19. The molecule has 0 aliphatic heterocycles. The van der Waals surface area contributed by atoms with Crippen molar-refractivity contribution in [2.75, 3.05) is 20.1 Å². The molecule has 0 radical (unpaired) electrons. The zero-order valence-electron chi connectivity index (χ0n) is 9.85. The Balaban J connectivity index is 0.00000256. The Morgan fingerprint density at radius 2 is 1.76 bits per heavy atom. The molecule has 0 bridgehead atoms. The molecule has 17 heavy (non-hydrogen) atoms. The molecule has 0 aliphatic carbocycles. The summed E-state index contributed by atoms with van der Waals surface area (Å²) in [4.78, 5) is 0. The van der Waals surface area contributed by atoms with Gasteiger partial charge in [-0.05, 0) is 25.6 Å². The summed E-state index contributed by atoms with van der Waals surface area (Å²) in [5.74, 6) is 0.0490. The average Bonchev–Trinajstić information content (AvgIpc) is 2.25. The molecule has 0 spiro atoms. The predicted molar refractivity (Wildman–Crippen MR) is 72.9 cm³/mol. The highest BCUT2D eigenvalue weighted by molar-refractivity contribution is 7.88. The molecule has 4 nitrogen and oxygen atoms in total. The van der Waals surface area contributed by atoms with Gasteiger partial charge in [0, 0.05) is 6.54 Å². The number of sulfonamides is 1. The lowest BCUT2D eigenvalue weighted by molar-refractivity contribution is 0.576. The van der Waals surface area contributed by atoms with Gasteiger partial charge >= 0.3 is 0 Å². The second-order valence-electron chi connectivity index (χ2n) is 3.60. The normalized spacial score (nSPS) is 10.9. The largest absolute Gasteiger partial charge is 0.320 e. The minimum Gasteiger partial charge on any atom is -0.320 e. The van der Waals surface area contributed by atoms with Gasteiger partial charge in [0.2, 0.25) is 10.0 Å². The number of hydrogen-bond acceptors (Lipinski definition) is 3. The van der Waals surface area contributed by atoms with Crippen molar-refractivity contribution in [1.82, 2.24) is 10.0 Å². The SMILES string of the molecule is CNCCCNS(=O)(=O)Cc1ccccc1.Cl. The fraction of sp³-hybridized carbons (Fsp3) is 0.455. The van der Waals surface area contributed by atoms with Gasteiger partial charge in [0.1, 0.15) is 0 Å². The van der Waals surface area contributed by atoms with Crippen LogP contribution in [0.2, 0.25) is 0 Å². The predicted octanol–water partition coefficient (Wildman–Crippen LogP) is 1.14. The summed E-state index contributed by atoms with van der Waals surface area (Å²) in [5, 5.41) is 2.97. The highest BCUT2D eigenvalue weighted by Crippen LogP contribution is 2.03. The lowest BCUT2D eigenvalue weighted by Gasteiger charge is -2.06. The van der Waals surface area contributed by atoms with Gasteiger partial charge in [-0.25, -0.2) is 13.1 Å². The van der Waals surface area contributed by atoms with Crippen molar-refractivity contribution in [3.05, 3.63) is 35.9 Å². The van der Waals surface area contributed by atoms with E-state index in [-0.39, 0.29) is 18.2 Å². The first-order chi connectivity index (χ1) is 7.64. The molecular formula is C11H19ClN2O2S. The van der Waals surface area contributed by atoms with Gasteiger partial charge in [-0.15, -0.1) is 12.4 Å². The summed E-state index contributed by atoms with van der Waals surface area (Å²) in [6.07, 6.45) is 0.796. The van der Waals surface area contributed by atoms with Gasteiger partial charge in [-0.3, -0.25) is 0 Å². The zero-order chi connectivity index (χ0) is 11.9. The smallest absolute Gasteiger partial charge is 0.215 e. The number of nitrogens with one attached hydrogen (secondary N) is 2. The Kier molecular flexibility index (Phi) is 8.16. The molecule has 2 N–H and O–H groups in total. The summed E-state index contributed by atoms with van der Waals surface area (Å²) in [5.41, 5.74) is 0.809. The maximum absolute atomic E-state index is 11.6. The van der Waals surface area contributed by atoms with Crippen LogP contribution in [0.1, 0.15) is 12.0 Å². The second-order valence-corrected chi connectivity index (χ2v) is 5.40. The third-order valence-corrected chi connectivity index (χ3v) is 3.48. The topological polar surface area (TPSA) is 58.2 Å². The van der Waals surface area contributed by atoms with E-state index >= 15 is 0 Å². The zero-order valence-corrected chi connectivity index (χ0v) is 11.5. The fourth-order valence-electron chi connectivity index (χ4n) is 1.34. The van der Waals surface area contributed by atoms with E-state index in [0.29, 0.717) is 6.54 Å². The first-order valence-corrected chi connectivity index (χ1v) is 6.95. The fourth-order valence-corrected chi connectivity index (χ4v) is 2.53. The first kappa shape index (κ1) is 16.4. The van der Waals surface area contributed by atoms with Crippen molar-refractivity contribution >= 4 is 22.4 Å². The molecule has 0 saturated heterocycles. The lowest BCUT2D eigenvalue weighted by Crippen LogP contribution is -2.27. The number of rotatable bonds is 7. The molecule has 1 rings (SSSR count). The number of hydrogen-bond donors (Lipinski definition) is 2. The molecule has 0 aromatic heterocycles. The third-order valence-electron chi connectivity index (χ3n) is 2.13. The van der Waals surface area contributed by atoms with Crippen LogP contribution in [-0.2, 0) is 15.8 Å². The van der Waals surface area contributed by atoms with Crippen molar-refractivity contribution in [2.45, 2.75) is 12.2 Å². The van der Waals surface area contributed by atoms with Crippen LogP contribution < -0.4 is 10.0 Å². The summed E-state index contributed by atoms with van der Waals surface area (Å²) < 4.78 is 25.8. The van der Waals surface area contributed by atoms with Gasteiger partial charge in [-0.1, -0.05) is 30.3 Å². The van der Waals surface area contributed by atoms with Crippen LogP contribution in [0.5, 0.6) is 0 Å². The first-order valence-electron chi connectivity index (χ1n) is 5.30. The molecule has 98 valence electrons. The number of halogens is 1. The van der Waals surface area contributed by atoms with Gasteiger partial charge in [0.05, 0.1) is 5.75 Å². The Bertz CT molecular complexity index is 395. The monoisotopic (exact) mass is 278 g/mol. The van der Waals surface area contributed by atoms with E-state index in [1.807, 2.05) is 37.4 Å². The van der Waals surface area contributed by atoms with Crippen LogP contribution in [0.3, 0.4) is 0 Å². The molecule has 1 aromatic carbocycles. The lowest BCUT2D eigenvalue weighted by atomic mass is 10.2. The van der Waals surface area contributed by atoms with Crippen LogP contribution in [0, 0.1) is 0 Å². The minimum absolute atomic E-state index is 0. The van der Waals surface area contributed by atoms with Crippen molar-refractivity contribution in [3.8, 4) is 0 Å². The molecule has 0 atom stereocenters. The van der Waals surface area contributed by atoms with Crippen molar-refractivity contribution < 1.29 is 8.42 Å². The third kappa shape index (κ3) is 7.33. The highest BCUT2D eigenvalue weighted by atomic mass is 35.5. The Morgan fingerprint density at radius 3 is 2.35 bits per heavy atom. The van der Waals surface area contributed by atoms with E-state index in [1.54, 1.807) is 0 Å². The van der Waals surface area contributed by atoms with Crippen molar-refractivity contribution in [1.29, 1.82) is 0 Å². The molecule has 0 unspecified atom stereocenters. The number of benzene rings is 1. The van der Waals surface area contributed by atoms with Gasteiger partial charge in [0.25, 0.3) is 0 Å². The quantitative estimate of drug-likeness (QED) is 0.736. The van der Waals surface area contributed by atoms with Crippen LogP contribution in [0.25, 0.3) is 0 Å². The Labute approximate surface area is 109 Å². The van der Waals surface area contributed by atoms with Crippen LogP contribution in [0.4, 0.5) is 0 Å². The standard InChI is InChI=1S/C11H18N2O2S.ClH/c1-12-8-5-9-13-16(14,15)10-11-6-3-2-4-7-11;/h2-4,6-7,12-13H,5,8-10H2,1H3;1H. The van der Waals surface area contributed by atoms with E-state index in [9.17, 15) is 8.42 Å². The van der Waals surface area contributed by atoms with Gasteiger partial charge in [0.15, 0.2) is 0 Å².